The number of esters is 1. The van der Waals surface area contributed by atoms with Gasteiger partial charge < -0.3 is 21.6 Å². The van der Waals surface area contributed by atoms with Crippen molar-refractivity contribution in [3.05, 3.63) is 46.0 Å². The van der Waals surface area contributed by atoms with E-state index in [9.17, 15) is 4.79 Å². The molecule has 1 aromatic carbocycles. The molecule has 1 aromatic rings. The van der Waals surface area contributed by atoms with E-state index in [4.69, 9.17) is 16.3 Å². The molecule has 0 N–H and O–H groups in total. The lowest BCUT2D eigenvalue weighted by Gasteiger charge is -2.40. The number of allylic oxidation sites excluding steroid dienone is 1. The van der Waals surface area contributed by atoms with Gasteiger partial charge in [-0.25, -0.2) is 4.79 Å². The Balaban J connectivity index is 0.00000578. The molecule has 1 fully saturated rings. The standard InChI is InChI=1S/C29H47ClNO2.ClH/c1-4-5-6-7-8-9-10-14-21-33-29(32)24-31(18-12-11-13-19-31)20-17-28(30)23-27-16-15-25(2)22-26(27)3;/h15-17,22H,4-14,18-21,23-24H2,1-3H3;1H/q+1;/p-1/b28-17-;. The summed E-state index contributed by atoms with van der Waals surface area (Å²) in [7, 11) is 0. The highest BCUT2D eigenvalue weighted by Crippen LogP contribution is 2.22. The number of likely N-dealkylation sites (tertiary alicyclic amines) is 1. The van der Waals surface area contributed by atoms with Gasteiger partial charge in [0.1, 0.15) is 0 Å². The largest absolute Gasteiger partial charge is 1.00 e. The van der Waals surface area contributed by atoms with Crippen LogP contribution in [0.3, 0.4) is 0 Å². The molecule has 0 aliphatic carbocycles. The molecule has 0 bridgehead atoms. The summed E-state index contributed by atoms with van der Waals surface area (Å²) < 4.78 is 6.43. The van der Waals surface area contributed by atoms with E-state index in [1.54, 1.807) is 0 Å². The van der Waals surface area contributed by atoms with Gasteiger partial charge in [-0.1, -0.05) is 87.2 Å². The molecule has 0 radical (unpaired) electrons. The summed E-state index contributed by atoms with van der Waals surface area (Å²) in [6.45, 7) is 10.4. The van der Waals surface area contributed by atoms with Crippen LogP contribution >= 0.6 is 11.6 Å². The van der Waals surface area contributed by atoms with Crippen molar-refractivity contribution >= 4 is 17.6 Å². The minimum Gasteiger partial charge on any atom is -1.00 e. The summed E-state index contributed by atoms with van der Waals surface area (Å²) >= 11 is 6.65. The van der Waals surface area contributed by atoms with E-state index in [0.717, 1.165) is 48.4 Å². The number of nitrogens with zero attached hydrogens (tertiary/aromatic N) is 1. The molecular formula is C29H47Cl2NO2. The Morgan fingerprint density at radius 1 is 1.00 bits per heavy atom. The molecule has 5 heteroatoms. The Kier molecular flexibility index (Phi) is 15.9. The van der Waals surface area contributed by atoms with Crippen molar-refractivity contribution in [2.75, 3.05) is 32.8 Å². The van der Waals surface area contributed by atoms with Crippen molar-refractivity contribution in [2.45, 2.75) is 97.8 Å². The zero-order valence-electron chi connectivity index (χ0n) is 21.8. The number of ether oxygens (including phenoxy) is 1. The molecule has 2 rings (SSSR count). The van der Waals surface area contributed by atoms with Gasteiger partial charge in [0.15, 0.2) is 6.54 Å². The summed E-state index contributed by atoms with van der Waals surface area (Å²) in [4.78, 5) is 12.6. The van der Waals surface area contributed by atoms with E-state index in [0.29, 0.717) is 13.2 Å². The molecule has 1 heterocycles. The van der Waals surface area contributed by atoms with Gasteiger partial charge in [0.05, 0.1) is 26.2 Å². The predicted octanol–water partition coefficient (Wildman–Crippen LogP) is 4.66. The summed E-state index contributed by atoms with van der Waals surface area (Å²) in [5.74, 6) is -0.0428. The van der Waals surface area contributed by atoms with E-state index < -0.39 is 0 Å². The number of carbonyl (C=O) groups is 1. The highest BCUT2D eigenvalue weighted by atomic mass is 35.5. The molecule has 0 spiro atoms. The number of halogens is 2. The molecule has 0 unspecified atom stereocenters. The topological polar surface area (TPSA) is 26.3 Å². The fourth-order valence-electron chi connectivity index (χ4n) is 4.92. The van der Waals surface area contributed by atoms with Crippen LogP contribution in [0.1, 0.15) is 94.2 Å². The van der Waals surface area contributed by atoms with Gasteiger partial charge in [-0.3, -0.25) is 0 Å². The Labute approximate surface area is 220 Å². The maximum Gasteiger partial charge on any atom is 0.361 e. The SMILES string of the molecule is CCCCCCCCCCOC(=O)C[N+]1(C/C=C(\Cl)Cc2ccc(C)cc2C)CCCCC1.[Cl-]. The summed E-state index contributed by atoms with van der Waals surface area (Å²) in [5, 5.41) is 0.873. The third-order valence-corrected chi connectivity index (χ3v) is 7.34. The van der Waals surface area contributed by atoms with Gasteiger partial charge in [-0.15, -0.1) is 0 Å². The van der Waals surface area contributed by atoms with Gasteiger partial charge in [0.25, 0.3) is 0 Å². The highest BCUT2D eigenvalue weighted by Gasteiger charge is 2.32. The lowest BCUT2D eigenvalue weighted by atomic mass is 10.0. The highest BCUT2D eigenvalue weighted by molar-refractivity contribution is 6.29. The van der Waals surface area contributed by atoms with Crippen LogP contribution < -0.4 is 12.4 Å². The summed E-state index contributed by atoms with van der Waals surface area (Å²) in [5.41, 5.74) is 3.84. The van der Waals surface area contributed by atoms with Crippen molar-refractivity contribution in [2.24, 2.45) is 0 Å². The van der Waals surface area contributed by atoms with Crippen LogP contribution in [0.2, 0.25) is 0 Å². The van der Waals surface area contributed by atoms with Crippen LogP contribution in [0.25, 0.3) is 0 Å². The number of hydrogen-bond acceptors (Lipinski definition) is 2. The fourth-order valence-corrected chi connectivity index (χ4v) is 5.13. The van der Waals surface area contributed by atoms with E-state index in [2.05, 4.69) is 45.0 Å². The Bertz CT molecular complexity index is 742. The number of aryl methyl sites for hydroxylation is 2. The lowest BCUT2D eigenvalue weighted by Crippen LogP contribution is -3.00. The molecule has 1 aliphatic rings. The monoisotopic (exact) mass is 511 g/mol. The molecule has 1 saturated heterocycles. The number of piperidine rings is 1. The first-order chi connectivity index (χ1) is 15.9. The van der Waals surface area contributed by atoms with E-state index in [1.165, 1.54) is 74.5 Å². The third kappa shape index (κ3) is 12.1. The molecular weight excluding hydrogens is 465 g/mol. The molecule has 3 nitrogen and oxygen atoms in total. The fraction of sp³-hybridized carbons (Fsp3) is 0.690. The molecule has 34 heavy (non-hydrogen) atoms. The third-order valence-electron chi connectivity index (χ3n) is 7.05. The summed E-state index contributed by atoms with van der Waals surface area (Å²) in [6, 6.07) is 6.53. The van der Waals surface area contributed by atoms with E-state index >= 15 is 0 Å². The van der Waals surface area contributed by atoms with Crippen LogP contribution in [0.5, 0.6) is 0 Å². The lowest BCUT2D eigenvalue weighted by molar-refractivity contribution is -0.920. The van der Waals surface area contributed by atoms with Crippen molar-refractivity contribution < 1.29 is 26.4 Å². The molecule has 0 saturated carbocycles. The first kappa shape index (κ1) is 31.0. The minimum atomic E-state index is -0.0428. The van der Waals surface area contributed by atoms with E-state index in [1.807, 2.05) is 0 Å². The van der Waals surface area contributed by atoms with E-state index in [-0.39, 0.29) is 18.4 Å². The minimum absolute atomic E-state index is 0. The quantitative estimate of drug-likeness (QED) is 0.194. The van der Waals surface area contributed by atoms with Gasteiger partial charge in [-0.05, 0) is 56.7 Å². The molecule has 0 amide bonds. The summed E-state index contributed by atoms with van der Waals surface area (Å²) in [6.07, 6.45) is 16.6. The van der Waals surface area contributed by atoms with Gasteiger partial charge >= 0.3 is 5.97 Å². The van der Waals surface area contributed by atoms with Crippen LogP contribution in [-0.4, -0.2) is 43.2 Å². The van der Waals surface area contributed by atoms with Crippen LogP contribution in [0.4, 0.5) is 0 Å². The number of benzene rings is 1. The van der Waals surface area contributed by atoms with Crippen molar-refractivity contribution in [1.82, 2.24) is 0 Å². The Morgan fingerprint density at radius 2 is 1.65 bits per heavy atom. The number of hydrogen-bond donors (Lipinski definition) is 0. The maximum absolute atomic E-state index is 12.6. The molecule has 1 aliphatic heterocycles. The first-order valence-corrected chi connectivity index (χ1v) is 13.7. The molecule has 194 valence electrons. The normalized spacial score (nSPS) is 15.6. The number of carbonyl (C=O) groups excluding carboxylic acids is 1. The Hall–Kier alpha value is -1.03. The number of rotatable bonds is 15. The molecule has 0 atom stereocenters. The van der Waals surface area contributed by atoms with Crippen molar-refractivity contribution in [3.8, 4) is 0 Å². The predicted molar refractivity (Wildman–Crippen MR) is 141 cm³/mol. The second-order valence-corrected chi connectivity index (χ2v) is 10.6. The van der Waals surface area contributed by atoms with Crippen LogP contribution in [0.15, 0.2) is 29.3 Å². The number of unbranched alkanes of at least 4 members (excludes halogenated alkanes) is 7. The first-order valence-electron chi connectivity index (χ1n) is 13.4. The maximum atomic E-state index is 12.6. The second-order valence-electron chi connectivity index (χ2n) is 10.1. The average Bonchev–Trinajstić information content (AvgIpc) is 2.79. The van der Waals surface area contributed by atoms with Crippen LogP contribution in [0, 0.1) is 13.8 Å². The van der Waals surface area contributed by atoms with Gasteiger partial charge in [0.2, 0.25) is 0 Å². The zero-order valence-corrected chi connectivity index (χ0v) is 23.4. The van der Waals surface area contributed by atoms with Crippen molar-refractivity contribution in [1.29, 1.82) is 0 Å². The smallest absolute Gasteiger partial charge is 0.361 e. The second kappa shape index (κ2) is 17.4. The van der Waals surface area contributed by atoms with Crippen LogP contribution in [-0.2, 0) is 16.0 Å². The average molecular weight is 513 g/mol. The Morgan fingerprint density at radius 3 is 2.29 bits per heavy atom. The zero-order chi connectivity index (χ0) is 23.9. The van der Waals surface area contributed by atoms with Crippen molar-refractivity contribution in [3.63, 3.8) is 0 Å². The van der Waals surface area contributed by atoms with Gasteiger partial charge in [0, 0.05) is 11.5 Å². The molecule has 0 aromatic heterocycles. The number of quaternary nitrogens is 1. The van der Waals surface area contributed by atoms with Gasteiger partial charge in [-0.2, -0.15) is 0 Å².